The molecule has 0 bridgehead atoms. The summed E-state index contributed by atoms with van der Waals surface area (Å²) >= 11 is 0. The highest BCUT2D eigenvalue weighted by atomic mass is 16.6. The highest BCUT2D eigenvalue weighted by Gasteiger charge is 2.40. The predicted molar refractivity (Wildman–Crippen MR) is 224 cm³/mol. The number of amides is 3. The summed E-state index contributed by atoms with van der Waals surface area (Å²) in [6.45, 7) is 13.4. The van der Waals surface area contributed by atoms with Gasteiger partial charge in [0.05, 0.1) is 51.0 Å². The topological polar surface area (TPSA) is 196 Å². The van der Waals surface area contributed by atoms with Gasteiger partial charge < -0.3 is 40.0 Å². The van der Waals surface area contributed by atoms with Crippen LogP contribution >= 0.6 is 0 Å². The second-order valence-corrected chi connectivity index (χ2v) is 15.0. The lowest BCUT2D eigenvalue weighted by atomic mass is 9.73. The molecule has 2 aromatic carbocycles. The van der Waals surface area contributed by atoms with Gasteiger partial charge in [-0.2, -0.15) is 0 Å². The molecule has 0 unspecified atom stereocenters. The molecule has 1 aromatic heterocycles. The third-order valence-electron chi connectivity index (χ3n) is 8.99. The first-order valence-corrected chi connectivity index (χ1v) is 20.4. The molecule has 3 aromatic rings. The van der Waals surface area contributed by atoms with Crippen LogP contribution in [0, 0.1) is 11.8 Å². The van der Waals surface area contributed by atoms with Gasteiger partial charge in [0.25, 0.3) is 11.9 Å². The molecule has 0 spiro atoms. The number of rotatable bonds is 27. The van der Waals surface area contributed by atoms with Gasteiger partial charge in [0.2, 0.25) is 11.8 Å². The van der Waals surface area contributed by atoms with Crippen LogP contribution in [0.25, 0.3) is 0 Å². The van der Waals surface area contributed by atoms with Gasteiger partial charge in [0.1, 0.15) is 11.7 Å². The minimum Gasteiger partial charge on any atom is -0.498 e. The van der Waals surface area contributed by atoms with Crippen molar-refractivity contribution >= 4 is 36.8 Å². The molecule has 0 saturated heterocycles. The lowest BCUT2D eigenvalue weighted by molar-refractivity contribution is -0.140. The normalized spacial score (nSPS) is 12.6. The minimum absolute atomic E-state index is 0.00632. The van der Waals surface area contributed by atoms with E-state index in [0.29, 0.717) is 45.2 Å². The Hall–Kier alpha value is -5.19. The van der Waals surface area contributed by atoms with Gasteiger partial charge in [-0.1, -0.05) is 89.2 Å². The minimum atomic E-state index is -1.43. The van der Waals surface area contributed by atoms with Gasteiger partial charge >= 0.3 is 13.1 Å². The van der Waals surface area contributed by atoms with E-state index in [9.17, 15) is 24.0 Å². The van der Waals surface area contributed by atoms with Crippen LogP contribution in [0.15, 0.2) is 73.2 Å². The van der Waals surface area contributed by atoms with Crippen LogP contribution in [0.4, 0.5) is 0 Å². The molecule has 0 aliphatic heterocycles. The van der Waals surface area contributed by atoms with Crippen molar-refractivity contribution in [2.75, 3.05) is 46.1 Å². The molecule has 0 fully saturated rings. The van der Waals surface area contributed by atoms with E-state index < -0.39 is 42.9 Å². The Balaban J connectivity index is 1.43. The average Bonchev–Trinajstić information content (AvgIpc) is 3.22. The highest BCUT2D eigenvalue weighted by Crippen LogP contribution is 2.18. The zero-order chi connectivity index (χ0) is 43.0. The molecule has 320 valence electrons. The molecule has 16 heteroatoms. The standard InChI is InChI=1S/C43H61BN6O9/c1-7-39(51)58-44(38(26-31(4)5)50-42(54)36(27-33-11-9-8-10-12-33)49-43(55)37-28-45-17-18-47-37)59-40(52)29-46-19-21-56-23-24-57-22-20-48-41(53)32(6)35-15-13-34(14-16-35)25-30(2)3/h8-18,28,30-32,36,38,46H,7,19-27,29H2,1-6H3,(H,48,53)(H,49,55)(H,50,54)/t32-,36-,38-/m0/s1. The van der Waals surface area contributed by atoms with Crippen LogP contribution in [0.3, 0.4) is 0 Å². The smallest absolute Gasteiger partial charge is 0.498 e. The molecule has 0 aliphatic carbocycles. The third kappa shape index (κ3) is 19.0. The summed E-state index contributed by atoms with van der Waals surface area (Å²) in [4.78, 5) is 72.9. The van der Waals surface area contributed by atoms with Crippen LogP contribution < -0.4 is 21.3 Å². The van der Waals surface area contributed by atoms with Gasteiger partial charge in [0, 0.05) is 38.3 Å². The Morgan fingerprint density at radius 2 is 1.37 bits per heavy atom. The number of benzene rings is 2. The first-order chi connectivity index (χ1) is 28.4. The number of nitrogens with zero attached hydrogens (tertiary/aromatic N) is 2. The van der Waals surface area contributed by atoms with Crippen molar-refractivity contribution in [1.82, 2.24) is 31.2 Å². The summed E-state index contributed by atoms with van der Waals surface area (Å²) in [5.74, 6) is -3.18. The first kappa shape index (κ1) is 48.2. The van der Waals surface area contributed by atoms with Gasteiger partial charge in [-0.25, -0.2) is 4.98 Å². The van der Waals surface area contributed by atoms with Crippen molar-refractivity contribution in [3.8, 4) is 0 Å². The quantitative estimate of drug-likeness (QED) is 0.0646. The van der Waals surface area contributed by atoms with Crippen LogP contribution in [0.1, 0.15) is 87.5 Å². The fourth-order valence-electron chi connectivity index (χ4n) is 5.93. The highest BCUT2D eigenvalue weighted by molar-refractivity contribution is 6.51. The molecule has 59 heavy (non-hydrogen) atoms. The Morgan fingerprint density at radius 1 is 0.712 bits per heavy atom. The monoisotopic (exact) mass is 816 g/mol. The van der Waals surface area contributed by atoms with E-state index in [2.05, 4.69) is 57.2 Å². The van der Waals surface area contributed by atoms with E-state index in [4.69, 9.17) is 18.8 Å². The maximum Gasteiger partial charge on any atom is 0.622 e. The number of aromatic nitrogens is 2. The molecule has 0 aliphatic rings. The van der Waals surface area contributed by atoms with E-state index in [0.717, 1.165) is 17.5 Å². The number of hydrogen-bond acceptors (Lipinski definition) is 12. The van der Waals surface area contributed by atoms with E-state index in [1.807, 2.05) is 63.2 Å². The zero-order valence-corrected chi connectivity index (χ0v) is 35.2. The summed E-state index contributed by atoms with van der Waals surface area (Å²) in [7, 11) is -1.43. The lowest BCUT2D eigenvalue weighted by Gasteiger charge is -2.27. The zero-order valence-electron chi connectivity index (χ0n) is 35.2. The van der Waals surface area contributed by atoms with Crippen LogP contribution in [-0.2, 0) is 50.8 Å². The number of nitrogens with one attached hydrogen (secondary N) is 4. The molecular formula is C43H61BN6O9. The third-order valence-corrected chi connectivity index (χ3v) is 8.99. The number of carbonyl (C=O) groups excluding carboxylic acids is 5. The van der Waals surface area contributed by atoms with Crippen molar-refractivity contribution in [2.24, 2.45) is 11.8 Å². The van der Waals surface area contributed by atoms with Crippen molar-refractivity contribution in [1.29, 1.82) is 0 Å². The fourth-order valence-corrected chi connectivity index (χ4v) is 5.93. The molecule has 0 radical (unpaired) electrons. The van der Waals surface area contributed by atoms with Gasteiger partial charge in [-0.3, -0.25) is 29.0 Å². The van der Waals surface area contributed by atoms with Crippen LogP contribution in [-0.4, -0.2) is 105 Å². The van der Waals surface area contributed by atoms with Crippen LogP contribution in [0.5, 0.6) is 0 Å². The maximum atomic E-state index is 13.9. The van der Waals surface area contributed by atoms with Gasteiger partial charge in [0.15, 0.2) is 0 Å². The SMILES string of the molecule is CCC(=O)OB(OC(=O)CNCCOCCOCCNC(=O)[C@@H](C)c1ccc(CC(C)C)cc1)[C@H](CC(C)C)NC(=O)[C@H](Cc1ccccc1)NC(=O)c1cnccn1. The summed E-state index contributed by atoms with van der Waals surface area (Å²) in [6.07, 6.45) is 5.57. The molecule has 1 heterocycles. The van der Waals surface area contributed by atoms with E-state index >= 15 is 0 Å². The van der Waals surface area contributed by atoms with E-state index in [1.54, 1.807) is 6.92 Å². The van der Waals surface area contributed by atoms with Crippen LogP contribution in [0.2, 0.25) is 0 Å². The molecule has 15 nitrogen and oxygen atoms in total. The number of ether oxygens (including phenoxy) is 2. The van der Waals surface area contributed by atoms with Gasteiger partial charge in [-0.05, 0) is 48.3 Å². The van der Waals surface area contributed by atoms with Crippen molar-refractivity contribution < 1.29 is 42.8 Å². The molecule has 0 saturated carbocycles. The Kier molecular flexibility index (Phi) is 21.8. The summed E-state index contributed by atoms with van der Waals surface area (Å²) in [6, 6.07) is 16.3. The lowest BCUT2D eigenvalue weighted by Crippen LogP contribution is -2.57. The molecule has 3 atom stereocenters. The Labute approximate surface area is 348 Å². The predicted octanol–water partition coefficient (Wildman–Crippen LogP) is 3.61. The second kappa shape index (κ2) is 26.7. The number of carbonyl (C=O) groups is 5. The molecule has 3 rings (SSSR count). The molecular weight excluding hydrogens is 755 g/mol. The van der Waals surface area contributed by atoms with E-state index in [1.165, 1.54) is 24.2 Å². The van der Waals surface area contributed by atoms with Crippen molar-refractivity contribution in [2.45, 2.75) is 85.1 Å². The van der Waals surface area contributed by atoms with Crippen molar-refractivity contribution in [3.63, 3.8) is 0 Å². The maximum absolute atomic E-state index is 13.9. The average molecular weight is 817 g/mol. The summed E-state index contributed by atoms with van der Waals surface area (Å²) in [5.41, 5.74) is 3.06. The van der Waals surface area contributed by atoms with E-state index in [-0.39, 0.29) is 49.4 Å². The largest absolute Gasteiger partial charge is 0.622 e. The summed E-state index contributed by atoms with van der Waals surface area (Å²) in [5, 5.41) is 11.5. The fraction of sp³-hybridized carbons (Fsp3) is 0.512. The second-order valence-electron chi connectivity index (χ2n) is 15.0. The molecule has 3 amide bonds. The number of hydrogen-bond donors (Lipinski definition) is 4. The Morgan fingerprint density at radius 3 is 2.00 bits per heavy atom. The molecule has 4 N–H and O–H groups in total. The van der Waals surface area contributed by atoms with Gasteiger partial charge in [-0.15, -0.1) is 0 Å². The first-order valence-electron chi connectivity index (χ1n) is 20.4. The van der Waals surface area contributed by atoms with Crippen molar-refractivity contribution in [3.05, 3.63) is 95.6 Å². The summed E-state index contributed by atoms with van der Waals surface area (Å²) < 4.78 is 22.4. The Bertz CT molecular complexity index is 1720.